The molecule has 2 aromatic rings. The van der Waals surface area contributed by atoms with Gasteiger partial charge in [0.05, 0.1) is 0 Å². The van der Waals surface area contributed by atoms with Crippen LogP contribution in [0.4, 0.5) is 11.5 Å². The quantitative estimate of drug-likeness (QED) is 0.873. The molecule has 0 radical (unpaired) electrons. The fraction of sp³-hybridized carbons (Fsp3) is 0.267. The van der Waals surface area contributed by atoms with Crippen molar-refractivity contribution in [2.24, 2.45) is 0 Å². The van der Waals surface area contributed by atoms with Crippen LogP contribution in [0.15, 0.2) is 36.5 Å². The molecule has 1 aromatic heterocycles. The van der Waals surface area contributed by atoms with Gasteiger partial charge in [0.1, 0.15) is 5.82 Å². The summed E-state index contributed by atoms with van der Waals surface area (Å²) in [4.78, 5) is 6.47. The Kier molecular flexibility index (Phi) is 2.67. The van der Waals surface area contributed by atoms with Crippen LogP contribution >= 0.6 is 0 Å². The summed E-state index contributed by atoms with van der Waals surface area (Å²) in [6.45, 7) is 1.05. The Morgan fingerprint density at radius 2 is 1.94 bits per heavy atom. The third kappa shape index (κ3) is 1.92. The molecule has 2 heterocycles. The Labute approximate surface area is 107 Å². The fourth-order valence-electron chi connectivity index (χ4n) is 2.31. The van der Waals surface area contributed by atoms with E-state index in [1.807, 2.05) is 25.2 Å². The van der Waals surface area contributed by atoms with E-state index in [1.54, 1.807) is 0 Å². The highest BCUT2D eigenvalue weighted by atomic mass is 15.1. The molecule has 0 atom stereocenters. The van der Waals surface area contributed by atoms with E-state index >= 15 is 0 Å². The third-order valence-corrected chi connectivity index (χ3v) is 3.35. The van der Waals surface area contributed by atoms with Crippen LogP contribution in [-0.2, 0) is 6.42 Å². The molecule has 1 aromatic carbocycles. The van der Waals surface area contributed by atoms with Crippen LogP contribution < -0.4 is 10.2 Å². The molecule has 0 aliphatic carbocycles. The van der Waals surface area contributed by atoms with Gasteiger partial charge < -0.3 is 10.2 Å². The molecule has 3 nitrogen and oxygen atoms in total. The Hall–Kier alpha value is -2.03. The van der Waals surface area contributed by atoms with Gasteiger partial charge in [-0.25, -0.2) is 4.98 Å². The maximum atomic E-state index is 4.46. The van der Waals surface area contributed by atoms with Crippen molar-refractivity contribution in [2.45, 2.75) is 6.42 Å². The van der Waals surface area contributed by atoms with E-state index in [0.29, 0.717) is 0 Å². The highest BCUT2D eigenvalue weighted by Gasteiger charge is 2.10. The predicted molar refractivity (Wildman–Crippen MR) is 76.2 cm³/mol. The van der Waals surface area contributed by atoms with E-state index in [9.17, 15) is 0 Å². The number of nitrogens with one attached hydrogen (secondary N) is 1. The van der Waals surface area contributed by atoms with Crippen molar-refractivity contribution >= 4 is 11.5 Å². The molecule has 1 aliphatic rings. The van der Waals surface area contributed by atoms with Crippen LogP contribution in [-0.4, -0.2) is 25.6 Å². The van der Waals surface area contributed by atoms with E-state index < -0.39 is 0 Å². The monoisotopic (exact) mass is 239 g/mol. The van der Waals surface area contributed by atoms with Crippen molar-refractivity contribution in [3.8, 4) is 11.1 Å². The molecule has 1 N–H and O–H groups in total. The summed E-state index contributed by atoms with van der Waals surface area (Å²) >= 11 is 0. The fourth-order valence-corrected chi connectivity index (χ4v) is 2.31. The van der Waals surface area contributed by atoms with Crippen LogP contribution in [0.1, 0.15) is 5.56 Å². The summed E-state index contributed by atoms with van der Waals surface area (Å²) in [5.74, 6) is 0.988. The van der Waals surface area contributed by atoms with E-state index in [1.165, 1.54) is 22.4 Å². The lowest BCUT2D eigenvalue weighted by atomic mass is 10.0. The Morgan fingerprint density at radius 1 is 1.11 bits per heavy atom. The number of pyridine rings is 1. The molecule has 0 amide bonds. The average Bonchev–Trinajstić information content (AvgIpc) is 2.86. The van der Waals surface area contributed by atoms with E-state index in [0.717, 1.165) is 18.8 Å². The minimum absolute atomic E-state index is 0.988. The Bertz CT molecular complexity index is 558. The second kappa shape index (κ2) is 4.33. The maximum absolute atomic E-state index is 4.46. The minimum Gasteiger partial charge on any atom is -0.384 e. The average molecular weight is 239 g/mol. The Morgan fingerprint density at radius 3 is 2.67 bits per heavy atom. The first-order valence-corrected chi connectivity index (χ1v) is 6.24. The zero-order valence-corrected chi connectivity index (χ0v) is 10.8. The van der Waals surface area contributed by atoms with E-state index in [-0.39, 0.29) is 0 Å². The lowest BCUT2D eigenvalue weighted by molar-refractivity contribution is 1.07. The normalized spacial score (nSPS) is 13.0. The lowest BCUT2D eigenvalue weighted by Gasteiger charge is -2.11. The molecule has 0 spiro atoms. The predicted octanol–water partition coefficient (Wildman–Crippen LogP) is 2.78. The second-order valence-electron chi connectivity index (χ2n) is 4.85. The number of hydrogen-bond acceptors (Lipinski definition) is 3. The summed E-state index contributed by atoms with van der Waals surface area (Å²) in [5, 5.41) is 3.38. The topological polar surface area (TPSA) is 28.2 Å². The van der Waals surface area contributed by atoms with Crippen molar-refractivity contribution in [3.63, 3.8) is 0 Å². The number of rotatable bonds is 2. The summed E-state index contributed by atoms with van der Waals surface area (Å²) in [6, 6.07) is 10.8. The van der Waals surface area contributed by atoms with E-state index in [4.69, 9.17) is 0 Å². The smallest absolute Gasteiger partial charge is 0.127 e. The van der Waals surface area contributed by atoms with Gasteiger partial charge in [-0.05, 0) is 41.8 Å². The molecule has 1 aliphatic heterocycles. The maximum Gasteiger partial charge on any atom is 0.127 e. The molecule has 92 valence electrons. The Balaban J connectivity index is 1.95. The summed E-state index contributed by atoms with van der Waals surface area (Å²) in [6.07, 6.45) is 3.06. The SMILES string of the molecule is CN(C)c1ccc(-c2ccc3c(c2)CCN3)cn1. The largest absolute Gasteiger partial charge is 0.384 e. The molecule has 0 bridgehead atoms. The van der Waals surface area contributed by atoms with Crippen LogP contribution in [0.25, 0.3) is 11.1 Å². The van der Waals surface area contributed by atoms with Gasteiger partial charge in [0.25, 0.3) is 0 Å². The molecule has 0 saturated heterocycles. The van der Waals surface area contributed by atoms with Crippen LogP contribution in [0.2, 0.25) is 0 Å². The van der Waals surface area contributed by atoms with Gasteiger partial charge in [-0.15, -0.1) is 0 Å². The lowest BCUT2D eigenvalue weighted by Crippen LogP contribution is -2.09. The van der Waals surface area contributed by atoms with E-state index in [2.05, 4.69) is 40.6 Å². The number of aromatic nitrogens is 1. The third-order valence-electron chi connectivity index (χ3n) is 3.35. The summed E-state index contributed by atoms with van der Waals surface area (Å²) < 4.78 is 0. The van der Waals surface area contributed by atoms with Gasteiger partial charge in [0.15, 0.2) is 0 Å². The minimum atomic E-state index is 0.988. The molecule has 0 unspecified atom stereocenters. The molecular weight excluding hydrogens is 222 g/mol. The first-order valence-electron chi connectivity index (χ1n) is 6.24. The molecule has 0 fully saturated rings. The zero-order valence-electron chi connectivity index (χ0n) is 10.8. The number of nitrogens with zero attached hydrogens (tertiary/aromatic N) is 2. The van der Waals surface area contributed by atoms with Crippen molar-refractivity contribution in [1.82, 2.24) is 4.98 Å². The van der Waals surface area contributed by atoms with Gasteiger partial charge >= 0.3 is 0 Å². The molecule has 3 rings (SSSR count). The highest BCUT2D eigenvalue weighted by molar-refractivity contribution is 5.70. The molecule has 0 saturated carbocycles. The number of benzene rings is 1. The van der Waals surface area contributed by atoms with Gasteiger partial charge in [-0.2, -0.15) is 0 Å². The first-order chi connectivity index (χ1) is 8.74. The van der Waals surface area contributed by atoms with Crippen LogP contribution in [0, 0.1) is 0 Å². The summed E-state index contributed by atoms with van der Waals surface area (Å²) in [5.41, 5.74) is 5.10. The first kappa shape index (κ1) is 11.1. The van der Waals surface area contributed by atoms with Gasteiger partial charge in [0.2, 0.25) is 0 Å². The van der Waals surface area contributed by atoms with Gasteiger partial charge in [0, 0.05) is 38.1 Å². The molecular formula is C15H17N3. The van der Waals surface area contributed by atoms with Crippen LogP contribution in [0.5, 0.6) is 0 Å². The number of anilines is 2. The summed E-state index contributed by atoms with van der Waals surface area (Å²) in [7, 11) is 4.01. The van der Waals surface area contributed by atoms with Crippen molar-refractivity contribution in [3.05, 3.63) is 42.1 Å². The number of fused-ring (bicyclic) bond motifs is 1. The van der Waals surface area contributed by atoms with Gasteiger partial charge in [-0.3, -0.25) is 0 Å². The van der Waals surface area contributed by atoms with Crippen molar-refractivity contribution in [2.75, 3.05) is 30.9 Å². The van der Waals surface area contributed by atoms with Crippen molar-refractivity contribution in [1.29, 1.82) is 0 Å². The second-order valence-corrected chi connectivity index (χ2v) is 4.85. The standard InChI is InChI=1S/C15H17N3/c1-18(2)15-6-4-13(10-17-15)11-3-5-14-12(9-11)7-8-16-14/h3-6,9-10,16H,7-8H2,1-2H3. The molecule has 18 heavy (non-hydrogen) atoms. The molecule has 3 heteroatoms. The highest BCUT2D eigenvalue weighted by Crippen LogP contribution is 2.28. The zero-order chi connectivity index (χ0) is 12.5. The van der Waals surface area contributed by atoms with Gasteiger partial charge in [-0.1, -0.05) is 6.07 Å². The van der Waals surface area contributed by atoms with Crippen LogP contribution in [0.3, 0.4) is 0 Å². The number of hydrogen-bond donors (Lipinski definition) is 1. The van der Waals surface area contributed by atoms with Crippen molar-refractivity contribution < 1.29 is 0 Å².